The number of carbonyl (C=O) groups excluding carboxylic acids is 8. The monoisotopic (exact) mass is 1110 g/mol. The summed E-state index contributed by atoms with van der Waals surface area (Å²) >= 11 is 2.30. The van der Waals surface area contributed by atoms with Gasteiger partial charge in [0.2, 0.25) is 33.9 Å². The highest BCUT2D eigenvalue weighted by Gasteiger charge is 2.48. The Morgan fingerprint density at radius 1 is 0.551 bits per heavy atom. The zero-order chi connectivity index (χ0) is 56.6. The molecule has 2 fully saturated rings. The molecule has 0 bridgehead atoms. The molecular weight excluding hydrogens is 1040 g/mol. The largest absolute Gasteiger partial charge is 0.347 e. The number of hydrogen-bond acceptors (Lipinski definition) is 18. The van der Waals surface area contributed by atoms with Crippen LogP contribution in [-0.4, -0.2) is 173 Å². The fourth-order valence-corrected chi connectivity index (χ4v) is 10.4. The molecule has 5 aromatic rings. The number of likely N-dealkylation sites (tertiary alicyclic amines) is 2. The number of amides is 6. The van der Waals surface area contributed by atoms with Crippen molar-refractivity contribution in [2.75, 3.05) is 27.2 Å². The molecule has 2 aliphatic rings. The van der Waals surface area contributed by atoms with Gasteiger partial charge in [-0.3, -0.25) is 38.4 Å². The number of rotatable bonds is 18. The van der Waals surface area contributed by atoms with E-state index < -0.39 is 106 Å². The van der Waals surface area contributed by atoms with Crippen LogP contribution in [0.4, 0.5) is 0 Å². The van der Waals surface area contributed by atoms with Crippen molar-refractivity contribution in [3.63, 3.8) is 0 Å². The van der Waals surface area contributed by atoms with Crippen molar-refractivity contribution >= 4 is 70.8 Å². The maximum Gasteiger partial charge on any atom is 0.273 e. The second-order valence-electron chi connectivity index (χ2n) is 21.3. The van der Waals surface area contributed by atoms with Gasteiger partial charge in [0.1, 0.15) is 24.2 Å². The first-order valence-electron chi connectivity index (χ1n) is 25.4. The molecule has 0 radical (unpaired) electrons. The number of likely N-dealkylation sites (N-methyl/N-ethyl adjacent to an activating group) is 2. The molecule has 24 nitrogen and oxygen atoms in total. The Bertz CT molecular complexity index is 2800. The number of nitrogens with zero attached hydrogens (tertiary/aromatic N) is 10. The van der Waals surface area contributed by atoms with Crippen molar-refractivity contribution in [2.24, 2.45) is 10.8 Å². The normalized spacial score (nSPS) is 19.1. The molecule has 0 unspecified atom stereocenters. The minimum absolute atomic E-state index is 0.0499. The van der Waals surface area contributed by atoms with Crippen LogP contribution in [0.15, 0.2) is 105 Å². The van der Waals surface area contributed by atoms with E-state index in [2.05, 4.69) is 63.0 Å². The van der Waals surface area contributed by atoms with Crippen molar-refractivity contribution in [1.29, 1.82) is 0 Å². The minimum Gasteiger partial charge on any atom is -0.347 e. The van der Waals surface area contributed by atoms with Crippen LogP contribution in [-0.2, 0) is 19.2 Å². The van der Waals surface area contributed by atoms with Gasteiger partial charge in [0.05, 0.1) is 12.1 Å². The lowest BCUT2D eigenvalue weighted by Gasteiger charge is -2.35. The molecule has 8 atom stereocenters. The number of aromatic nitrogens is 8. The third-order valence-electron chi connectivity index (χ3n) is 13.5. The van der Waals surface area contributed by atoms with Gasteiger partial charge in [-0.1, -0.05) is 84.0 Å². The Balaban J connectivity index is 1.11. The molecule has 0 saturated carbocycles. The molecule has 0 spiro atoms. The second kappa shape index (κ2) is 24.9. The summed E-state index contributed by atoms with van der Waals surface area (Å²) in [5, 5.41) is 41.3. The summed E-state index contributed by atoms with van der Waals surface area (Å²) in [7, 11) is 3.24. The maximum absolute atomic E-state index is 14.7. The molecule has 2 saturated heterocycles. The average molecular weight is 1110 g/mol. The molecule has 78 heavy (non-hydrogen) atoms. The highest BCUT2D eigenvalue weighted by molar-refractivity contribution is 7.99. The zero-order valence-electron chi connectivity index (χ0n) is 45.1. The van der Waals surface area contributed by atoms with Crippen molar-refractivity contribution in [3.8, 4) is 0 Å². The van der Waals surface area contributed by atoms with Crippen molar-refractivity contribution in [2.45, 2.75) is 137 Å². The van der Waals surface area contributed by atoms with E-state index in [1.54, 1.807) is 69.5 Å². The predicted molar refractivity (Wildman–Crippen MR) is 287 cm³/mol. The summed E-state index contributed by atoms with van der Waals surface area (Å²) in [5.41, 5.74) is -1.48. The summed E-state index contributed by atoms with van der Waals surface area (Å²) < 4.78 is 2.06. The Morgan fingerprint density at radius 3 is 1.27 bits per heavy atom. The van der Waals surface area contributed by atoms with Crippen LogP contribution in [0.25, 0.3) is 0 Å². The topological polar surface area (TPSA) is 302 Å². The molecule has 4 heterocycles. The third kappa shape index (κ3) is 13.8. The second-order valence-corrected chi connectivity index (χ2v) is 23.4. The van der Waals surface area contributed by atoms with E-state index in [9.17, 15) is 38.4 Å². The first-order valence-corrected chi connectivity index (χ1v) is 27.0. The number of benzene rings is 3. The Kier molecular flexibility index (Phi) is 18.6. The highest BCUT2D eigenvalue weighted by atomic mass is 32.2. The van der Waals surface area contributed by atoms with Crippen LogP contribution in [0.2, 0.25) is 0 Å². The van der Waals surface area contributed by atoms with Gasteiger partial charge < -0.3 is 41.7 Å². The van der Waals surface area contributed by atoms with E-state index in [4.69, 9.17) is 0 Å². The maximum atomic E-state index is 14.7. The molecular formula is C52H66N16O8S2. The lowest BCUT2D eigenvalue weighted by molar-refractivity contribution is -0.140. The lowest BCUT2D eigenvalue weighted by atomic mass is 9.85. The van der Waals surface area contributed by atoms with Gasteiger partial charge in [0.15, 0.2) is 0 Å². The fourth-order valence-electron chi connectivity index (χ4n) is 8.83. The highest BCUT2D eigenvalue weighted by Crippen LogP contribution is 2.32. The van der Waals surface area contributed by atoms with Gasteiger partial charge in [-0.15, -0.1) is 10.2 Å². The smallest absolute Gasteiger partial charge is 0.273 e. The quantitative estimate of drug-likeness (QED) is 0.0686. The molecule has 26 heteroatoms. The van der Waals surface area contributed by atoms with E-state index in [0.29, 0.717) is 0 Å². The van der Waals surface area contributed by atoms with Crippen molar-refractivity contribution in [1.82, 2.24) is 82.1 Å². The van der Waals surface area contributed by atoms with Gasteiger partial charge in [0, 0.05) is 46.1 Å². The Hall–Kier alpha value is -7.42. The first kappa shape index (κ1) is 58.3. The molecule has 2 aromatic heterocycles. The van der Waals surface area contributed by atoms with Gasteiger partial charge in [-0.2, -0.15) is 9.36 Å². The van der Waals surface area contributed by atoms with E-state index in [1.165, 1.54) is 34.1 Å². The van der Waals surface area contributed by atoms with Crippen LogP contribution in [0.5, 0.6) is 0 Å². The number of tetrazole rings is 2. The Labute approximate surface area is 460 Å². The molecule has 3 aromatic carbocycles. The molecule has 6 N–H and O–H groups in total. The summed E-state index contributed by atoms with van der Waals surface area (Å²) in [6, 6.07) is 16.8. The number of carbonyl (C=O) groups is 8. The van der Waals surface area contributed by atoms with E-state index in [1.807, 2.05) is 60.7 Å². The first-order chi connectivity index (χ1) is 37.0. The third-order valence-corrected chi connectivity index (χ3v) is 15.3. The summed E-state index contributed by atoms with van der Waals surface area (Å²) in [5.74, 6) is -4.46. The fraction of sp³-hybridized carbons (Fsp3) is 0.462. The molecule has 2 aliphatic heterocycles. The summed E-state index contributed by atoms with van der Waals surface area (Å²) in [4.78, 5) is 118. The predicted octanol–water partition coefficient (Wildman–Crippen LogP) is 2.32. The molecule has 0 aliphatic carbocycles. The SMILES string of the molecule is CN[C@@H](C)C(=O)N[C@H](C(=O)N1C[C@@H](NC(=O)c2cccc(C(=O)N[C@H]3C[C@@H](C(=O)n4nnnc4Sc4ccccc4)N(C(=O)[C@@H](NC(=O)[C@H](C)NC)C(C)(C)C)C3)c2)C[C@H]1C(=O)n1nnnc1Sc1ccccc1)C(C)(C)C. The number of nitrogens with one attached hydrogen (secondary N) is 6. The van der Waals surface area contributed by atoms with Crippen LogP contribution in [0.1, 0.15) is 98.5 Å². The zero-order valence-corrected chi connectivity index (χ0v) is 46.7. The van der Waals surface area contributed by atoms with Gasteiger partial charge in [0.25, 0.3) is 23.6 Å². The Morgan fingerprint density at radius 2 is 0.923 bits per heavy atom. The van der Waals surface area contributed by atoms with Crippen molar-refractivity contribution in [3.05, 3.63) is 96.1 Å². The van der Waals surface area contributed by atoms with Crippen LogP contribution < -0.4 is 31.9 Å². The van der Waals surface area contributed by atoms with Gasteiger partial charge >= 0.3 is 0 Å². The van der Waals surface area contributed by atoms with Crippen LogP contribution >= 0.6 is 23.5 Å². The standard InChI is InChI=1S/C52H66N16O8S2/c1-29(53-9)41(69)57-39(51(3,4)5)47(75)65-27-33(25-37(65)45(73)67-49(59-61-63-67)77-35-20-13-11-14-21-35)55-43(71)31-18-17-19-32(24-31)44(72)56-34-26-38(46(74)68-50(60-62-64-68)78-36-22-15-12-16-23-36)66(28-34)48(76)40(52(6,7)8)58-42(70)30(2)54-10/h11-24,29-30,33-34,37-40,53-54H,25-28H2,1-10H3,(H,55,71)(H,56,72)(H,57,69)(H,58,70)/t29-,30-,33-,34-,37-,38-,39+,40+/m0/s1. The minimum atomic E-state index is -1.18. The van der Waals surface area contributed by atoms with Crippen molar-refractivity contribution < 1.29 is 38.4 Å². The van der Waals surface area contributed by atoms with E-state index in [0.717, 1.165) is 42.7 Å². The van der Waals surface area contributed by atoms with E-state index >= 15 is 0 Å². The average Bonchev–Trinajstić information content (AvgIpc) is 4.39. The van der Waals surface area contributed by atoms with Crippen LogP contribution in [0.3, 0.4) is 0 Å². The van der Waals surface area contributed by atoms with Crippen LogP contribution in [0, 0.1) is 10.8 Å². The van der Waals surface area contributed by atoms with E-state index in [-0.39, 0.29) is 47.4 Å². The molecule has 6 amide bonds. The molecule has 7 rings (SSSR count). The molecule has 414 valence electrons. The summed E-state index contributed by atoms with van der Waals surface area (Å²) in [6.07, 6.45) is -0.0999. The lowest BCUT2D eigenvalue weighted by Crippen LogP contribution is -2.59. The van der Waals surface area contributed by atoms with Gasteiger partial charge in [-0.25, -0.2) is 0 Å². The van der Waals surface area contributed by atoms with Gasteiger partial charge in [-0.05, 0) is 138 Å². The summed E-state index contributed by atoms with van der Waals surface area (Å²) in [6.45, 7) is 13.8. The number of hydrogen-bond donors (Lipinski definition) is 6.